The number of anilines is 2. The predicted octanol–water partition coefficient (Wildman–Crippen LogP) is 1.29. The lowest BCUT2D eigenvalue weighted by Gasteiger charge is -2.45. The van der Waals surface area contributed by atoms with E-state index in [1.165, 1.54) is 6.92 Å². The Morgan fingerprint density at radius 3 is 2.56 bits per heavy atom. The number of carboxylic acids is 1. The van der Waals surface area contributed by atoms with E-state index in [2.05, 4.69) is 4.98 Å². The van der Waals surface area contributed by atoms with Crippen LogP contribution in [0.5, 0.6) is 0 Å². The number of aromatic amines is 1. The summed E-state index contributed by atoms with van der Waals surface area (Å²) in [4.78, 5) is 29.1. The van der Waals surface area contributed by atoms with Gasteiger partial charge >= 0.3 is 5.97 Å². The summed E-state index contributed by atoms with van der Waals surface area (Å²) in [6.07, 6.45) is 1.58. The monoisotopic (exact) mass is 251 g/mol. The van der Waals surface area contributed by atoms with Crippen LogP contribution in [0.2, 0.25) is 0 Å². The van der Waals surface area contributed by atoms with Crippen molar-refractivity contribution in [3.05, 3.63) is 11.9 Å². The summed E-state index contributed by atoms with van der Waals surface area (Å²) >= 11 is 0. The standard InChI is InChI=1S/C12H17N3O3/c1-7(16)15-6-12(2,3)14(4)10-8(15)5-13-9(10)11(17)18/h5,13H,6H2,1-4H3,(H,17,18). The van der Waals surface area contributed by atoms with E-state index in [4.69, 9.17) is 0 Å². The summed E-state index contributed by atoms with van der Waals surface area (Å²) in [5.74, 6) is -1.11. The summed E-state index contributed by atoms with van der Waals surface area (Å²) in [6.45, 7) is 5.97. The van der Waals surface area contributed by atoms with Crippen LogP contribution in [0, 0.1) is 0 Å². The van der Waals surface area contributed by atoms with Gasteiger partial charge in [-0.1, -0.05) is 0 Å². The number of hydrogen-bond donors (Lipinski definition) is 2. The molecule has 18 heavy (non-hydrogen) atoms. The second-order valence-corrected chi connectivity index (χ2v) is 5.18. The molecule has 6 heteroatoms. The zero-order valence-corrected chi connectivity index (χ0v) is 10.9. The number of H-pyrrole nitrogens is 1. The van der Waals surface area contributed by atoms with Crippen LogP contribution in [-0.4, -0.2) is 41.1 Å². The van der Waals surface area contributed by atoms with Crippen molar-refractivity contribution < 1.29 is 14.7 Å². The minimum atomic E-state index is -1.02. The van der Waals surface area contributed by atoms with Gasteiger partial charge in [0.15, 0.2) is 5.69 Å². The molecular weight excluding hydrogens is 234 g/mol. The molecule has 0 bridgehead atoms. The Bertz CT molecular complexity index is 519. The Labute approximate surface area is 105 Å². The minimum absolute atomic E-state index is 0.0895. The van der Waals surface area contributed by atoms with Gasteiger partial charge in [0.25, 0.3) is 0 Å². The molecule has 1 amide bonds. The van der Waals surface area contributed by atoms with Crippen molar-refractivity contribution in [1.29, 1.82) is 0 Å². The number of rotatable bonds is 1. The average Bonchev–Trinajstić information content (AvgIpc) is 2.67. The van der Waals surface area contributed by atoms with E-state index in [0.717, 1.165) is 0 Å². The van der Waals surface area contributed by atoms with Crippen molar-refractivity contribution in [3.63, 3.8) is 0 Å². The third-order valence-electron chi connectivity index (χ3n) is 3.51. The number of carbonyl (C=O) groups excluding carboxylic acids is 1. The molecule has 0 spiro atoms. The maximum absolute atomic E-state index is 11.7. The first-order valence-electron chi connectivity index (χ1n) is 5.72. The normalized spacial score (nSPS) is 17.6. The molecule has 98 valence electrons. The molecule has 0 saturated heterocycles. The van der Waals surface area contributed by atoms with Crippen molar-refractivity contribution in [2.45, 2.75) is 26.3 Å². The van der Waals surface area contributed by atoms with Crippen LogP contribution in [0.4, 0.5) is 11.4 Å². The van der Waals surface area contributed by atoms with Crippen molar-refractivity contribution >= 4 is 23.3 Å². The van der Waals surface area contributed by atoms with Crippen molar-refractivity contribution in [2.75, 3.05) is 23.4 Å². The largest absolute Gasteiger partial charge is 0.477 e. The highest BCUT2D eigenvalue weighted by Gasteiger charge is 2.39. The van der Waals surface area contributed by atoms with Gasteiger partial charge in [0, 0.05) is 26.7 Å². The van der Waals surface area contributed by atoms with Crippen molar-refractivity contribution in [3.8, 4) is 0 Å². The van der Waals surface area contributed by atoms with Gasteiger partial charge in [-0.15, -0.1) is 0 Å². The van der Waals surface area contributed by atoms with Gasteiger partial charge in [-0.2, -0.15) is 0 Å². The predicted molar refractivity (Wildman–Crippen MR) is 68.3 cm³/mol. The van der Waals surface area contributed by atoms with Crippen LogP contribution in [0.25, 0.3) is 0 Å². The number of carboxylic acid groups (broad SMARTS) is 1. The zero-order chi connectivity index (χ0) is 13.7. The molecule has 1 aliphatic rings. The maximum atomic E-state index is 11.7. The SMILES string of the molecule is CC(=O)N1CC(C)(C)N(C)c2c1c[nH]c2C(=O)O. The molecule has 2 rings (SSSR count). The zero-order valence-electron chi connectivity index (χ0n) is 10.9. The molecule has 0 aromatic carbocycles. The number of aromatic nitrogens is 1. The quantitative estimate of drug-likeness (QED) is 0.788. The Hall–Kier alpha value is -1.98. The molecule has 2 heterocycles. The van der Waals surface area contributed by atoms with Gasteiger partial charge < -0.3 is 19.9 Å². The molecule has 0 unspecified atom stereocenters. The summed E-state index contributed by atoms with van der Waals surface area (Å²) in [5, 5.41) is 9.18. The second kappa shape index (κ2) is 3.76. The topological polar surface area (TPSA) is 76.6 Å². The molecule has 6 nitrogen and oxygen atoms in total. The molecule has 0 atom stereocenters. The molecule has 1 aromatic heterocycles. The first-order valence-corrected chi connectivity index (χ1v) is 5.72. The summed E-state index contributed by atoms with van der Waals surface area (Å²) in [5.41, 5.74) is 0.993. The molecular formula is C12H17N3O3. The van der Waals surface area contributed by atoms with Gasteiger partial charge in [0.1, 0.15) is 0 Å². The third kappa shape index (κ3) is 1.64. The van der Waals surface area contributed by atoms with E-state index in [1.807, 2.05) is 25.8 Å². The van der Waals surface area contributed by atoms with Crippen LogP contribution in [0.3, 0.4) is 0 Å². The highest BCUT2D eigenvalue weighted by molar-refractivity contribution is 6.03. The first-order chi connectivity index (χ1) is 8.25. The molecule has 0 aliphatic carbocycles. The smallest absolute Gasteiger partial charge is 0.354 e. The minimum Gasteiger partial charge on any atom is -0.477 e. The molecule has 0 radical (unpaired) electrons. The Balaban J connectivity index is 2.63. The number of amides is 1. The Morgan fingerprint density at radius 2 is 2.06 bits per heavy atom. The number of carbonyl (C=O) groups is 2. The fraction of sp³-hybridized carbons (Fsp3) is 0.500. The van der Waals surface area contributed by atoms with Crippen LogP contribution < -0.4 is 9.80 Å². The van der Waals surface area contributed by atoms with E-state index in [0.29, 0.717) is 17.9 Å². The van der Waals surface area contributed by atoms with Crippen LogP contribution in [0.1, 0.15) is 31.3 Å². The number of likely N-dealkylation sites (N-methyl/N-ethyl adjacent to an activating group) is 1. The lowest BCUT2D eigenvalue weighted by molar-refractivity contribution is -0.116. The highest BCUT2D eigenvalue weighted by atomic mass is 16.4. The molecule has 2 N–H and O–H groups in total. The van der Waals surface area contributed by atoms with Crippen molar-refractivity contribution in [1.82, 2.24) is 4.98 Å². The molecule has 0 fully saturated rings. The van der Waals surface area contributed by atoms with E-state index >= 15 is 0 Å². The lowest BCUT2D eigenvalue weighted by atomic mass is 9.97. The van der Waals surface area contributed by atoms with Crippen LogP contribution in [-0.2, 0) is 4.79 Å². The van der Waals surface area contributed by atoms with Gasteiger partial charge in [-0.25, -0.2) is 4.79 Å². The fourth-order valence-corrected chi connectivity index (χ4v) is 2.28. The van der Waals surface area contributed by atoms with Crippen molar-refractivity contribution in [2.24, 2.45) is 0 Å². The first kappa shape index (κ1) is 12.5. The van der Waals surface area contributed by atoms with Gasteiger partial charge in [-0.05, 0) is 13.8 Å². The number of hydrogen-bond acceptors (Lipinski definition) is 3. The summed E-state index contributed by atoms with van der Waals surface area (Å²) in [7, 11) is 1.84. The van der Waals surface area contributed by atoms with E-state index in [9.17, 15) is 14.7 Å². The summed E-state index contributed by atoms with van der Waals surface area (Å²) < 4.78 is 0. The summed E-state index contributed by atoms with van der Waals surface area (Å²) in [6, 6.07) is 0. The van der Waals surface area contributed by atoms with E-state index < -0.39 is 5.97 Å². The van der Waals surface area contributed by atoms with Crippen LogP contribution in [0.15, 0.2) is 6.20 Å². The highest BCUT2D eigenvalue weighted by Crippen LogP contribution is 2.41. The number of nitrogens with zero attached hydrogens (tertiary/aromatic N) is 2. The maximum Gasteiger partial charge on any atom is 0.354 e. The number of aromatic carboxylic acids is 1. The molecule has 1 aromatic rings. The lowest BCUT2D eigenvalue weighted by Crippen LogP contribution is -2.55. The van der Waals surface area contributed by atoms with Gasteiger partial charge in [0.05, 0.1) is 16.9 Å². The van der Waals surface area contributed by atoms with E-state index in [-0.39, 0.29) is 17.1 Å². The number of nitrogens with one attached hydrogen (secondary N) is 1. The Morgan fingerprint density at radius 1 is 1.44 bits per heavy atom. The number of fused-ring (bicyclic) bond motifs is 1. The van der Waals surface area contributed by atoms with Gasteiger partial charge in [-0.3, -0.25) is 4.79 Å². The van der Waals surface area contributed by atoms with Gasteiger partial charge in [0.2, 0.25) is 5.91 Å². The average molecular weight is 251 g/mol. The molecule has 1 aliphatic heterocycles. The van der Waals surface area contributed by atoms with E-state index in [1.54, 1.807) is 11.1 Å². The Kier molecular flexibility index (Phi) is 2.61. The van der Waals surface area contributed by atoms with Crippen LogP contribution >= 0.6 is 0 Å². The third-order valence-corrected chi connectivity index (χ3v) is 3.51. The fourth-order valence-electron chi connectivity index (χ4n) is 2.28. The molecule has 0 saturated carbocycles. The second-order valence-electron chi connectivity index (χ2n) is 5.18.